The fraction of sp³-hybridized carbons (Fsp3) is 0.909. The van der Waals surface area contributed by atoms with Crippen LogP contribution in [0.25, 0.3) is 0 Å². The number of nitrogens with two attached hydrogens (primary N) is 1. The first kappa shape index (κ1) is 12.5. The standard InChI is InChI=1S/C11H22N2O2/c1-15-9-5-6-10(12)11(14)13-7-3-2-4-8-13/h10H,2-9,12H2,1H3. The Balaban J connectivity index is 2.24. The van der Waals surface area contributed by atoms with Crippen LogP contribution in [-0.2, 0) is 9.53 Å². The fourth-order valence-electron chi connectivity index (χ4n) is 1.92. The third-order valence-electron chi connectivity index (χ3n) is 2.85. The van der Waals surface area contributed by atoms with Crippen LogP contribution in [0.4, 0.5) is 0 Å². The summed E-state index contributed by atoms with van der Waals surface area (Å²) in [5.74, 6) is 0.116. The van der Waals surface area contributed by atoms with Crippen molar-refractivity contribution in [1.82, 2.24) is 4.90 Å². The number of amides is 1. The summed E-state index contributed by atoms with van der Waals surface area (Å²) in [5, 5.41) is 0. The van der Waals surface area contributed by atoms with E-state index in [0.717, 1.165) is 38.8 Å². The molecule has 0 aromatic heterocycles. The highest BCUT2D eigenvalue weighted by atomic mass is 16.5. The first-order chi connectivity index (χ1) is 7.25. The lowest BCUT2D eigenvalue weighted by molar-refractivity contribution is -0.133. The van der Waals surface area contributed by atoms with Crippen molar-refractivity contribution in [2.45, 2.75) is 38.1 Å². The Kier molecular flexibility index (Phi) is 5.65. The summed E-state index contributed by atoms with van der Waals surface area (Å²) in [7, 11) is 1.66. The highest BCUT2D eigenvalue weighted by molar-refractivity contribution is 5.81. The maximum Gasteiger partial charge on any atom is 0.239 e. The zero-order chi connectivity index (χ0) is 11.1. The summed E-state index contributed by atoms with van der Waals surface area (Å²) in [6.07, 6.45) is 5.07. The van der Waals surface area contributed by atoms with Crippen LogP contribution in [0.5, 0.6) is 0 Å². The van der Waals surface area contributed by atoms with Gasteiger partial charge in [0.25, 0.3) is 0 Å². The van der Waals surface area contributed by atoms with E-state index in [-0.39, 0.29) is 11.9 Å². The highest BCUT2D eigenvalue weighted by Gasteiger charge is 2.21. The van der Waals surface area contributed by atoms with Crippen molar-refractivity contribution in [2.75, 3.05) is 26.8 Å². The van der Waals surface area contributed by atoms with Gasteiger partial charge in [0, 0.05) is 26.8 Å². The molecular weight excluding hydrogens is 192 g/mol. The fourth-order valence-corrected chi connectivity index (χ4v) is 1.92. The Morgan fingerprint density at radius 2 is 2.07 bits per heavy atom. The molecule has 1 fully saturated rings. The van der Waals surface area contributed by atoms with Gasteiger partial charge in [-0.25, -0.2) is 0 Å². The summed E-state index contributed by atoms with van der Waals surface area (Å²) >= 11 is 0. The van der Waals surface area contributed by atoms with Gasteiger partial charge in [-0.05, 0) is 32.1 Å². The number of piperidine rings is 1. The first-order valence-electron chi connectivity index (χ1n) is 5.79. The average molecular weight is 214 g/mol. The van der Waals surface area contributed by atoms with Gasteiger partial charge in [-0.3, -0.25) is 4.79 Å². The molecule has 1 aliphatic heterocycles. The zero-order valence-corrected chi connectivity index (χ0v) is 9.58. The molecule has 0 saturated carbocycles. The van der Waals surface area contributed by atoms with Crippen LogP contribution in [0.1, 0.15) is 32.1 Å². The second-order valence-corrected chi connectivity index (χ2v) is 4.13. The lowest BCUT2D eigenvalue weighted by atomic mass is 10.1. The monoisotopic (exact) mass is 214 g/mol. The molecule has 1 heterocycles. The van der Waals surface area contributed by atoms with Crippen LogP contribution in [-0.4, -0.2) is 43.7 Å². The summed E-state index contributed by atoms with van der Waals surface area (Å²) in [6, 6.07) is -0.335. The molecule has 4 nitrogen and oxygen atoms in total. The van der Waals surface area contributed by atoms with Crippen molar-refractivity contribution >= 4 is 5.91 Å². The van der Waals surface area contributed by atoms with E-state index in [2.05, 4.69) is 0 Å². The Bertz CT molecular complexity index is 191. The number of methoxy groups -OCH3 is 1. The molecule has 1 atom stereocenters. The maximum atomic E-state index is 11.9. The van der Waals surface area contributed by atoms with Crippen molar-refractivity contribution in [2.24, 2.45) is 5.73 Å². The first-order valence-corrected chi connectivity index (χ1v) is 5.79. The van der Waals surface area contributed by atoms with E-state index < -0.39 is 0 Å². The van der Waals surface area contributed by atoms with E-state index in [1.165, 1.54) is 6.42 Å². The van der Waals surface area contributed by atoms with Gasteiger partial charge in [-0.1, -0.05) is 0 Å². The lowest BCUT2D eigenvalue weighted by Crippen LogP contribution is -2.45. The van der Waals surface area contributed by atoms with E-state index >= 15 is 0 Å². The van der Waals surface area contributed by atoms with Gasteiger partial charge in [-0.2, -0.15) is 0 Å². The number of carbonyl (C=O) groups is 1. The Morgan fingerprint density at radius 3 is 2.67 bits per heavy atom. The van der Waals surface area contributed by atoms with Crippen molar-refractivity contribution < 1.29 is 9.53 Å². The molecule has 0 spiro atoms. The minimum absolute atomic E-state index is 0.116. The number of likely N-dealkylation sites (tertiary alicyclic amines) is 1. The average Bonchev–Trinajstić information content (AvgIpc) is 2.29. The highest BCUT2D eigenvalue weighted by Crippen LogP contribution is 2.10. The van der Waals surface area contributed by atoms with E-state index in [1.54, 1.807) is 7.11 Å². The molecule has 1 aliphatic rings. The molecule has 0 aromatic rings. The number of rotatable bonds is 5. The predicted molar refractivity (Wildman–Crippen MR) is 59.5 cm³/mol. The van der Waals surface area contributed by atoms with Crippen LogP contribution in [0.15, 0.2) is 0 Å². The van der Waals surface area contributed by atoms with Crippen LogP contribution < -0.4 is 5.73 Å². The Hall–Kier alpha value is -0.610. The summed E-state index contributed by atoms with van der Waals surface area (Å²) in [4.78, 5) is 13.8. The minimum Gasteiger partial charge on any atom is -0.385 e. The van der Waals surface area contributed by atoms with Crippen molar-refractivity contribution in [1.29, 1.82) is 0 Å². The third kappa shape index (κ3) is 4.18. The second-order valence-electron chi connectivity index (χ2n) is 4.13. The SMILES string of the molecule is COCCCC(N)C(=O)N1CCCCC1. The predicted octanol–water partition coefficient (Wildman–Crippen LogP) is 0.753. The van der Waals surface area contributed by atoms with Crippen LogP contribution >= 0.6 is 0 Å². The lowest BCUT2D eigenvalue weighted by Gasteiger charge is -2.29. The van der Waals surface area contributed by atoms with E-state index in [4.69, 9.17) is 10.5 Å². The smallest absolute Gasteiger partial charge is 0.239 e. The number of carbonyl (C=O) groups excluding carboxylic acids is 1. The van der Waals surface area contributed by atoms with Gasteiger partial charge >= 0.3 is 0 Å². The Labute approximate surface area is 91.8 Å². The normalized spacial score (nSPS) is 18.9. The zero-order valence-electron chi connectivity index (χ0n) is 9.58. The molecule has 15 heavy (non-hydrogen) atoms. The van der Waals surface area contributed by atoms with E-state index in [1.807, 2.05) is 4.90 Å². The minimum atomic E-state index is -0.335. The van der Waals surface area contributed by atoms with Gasteiger partial charge < -0.3 is 15.4 Å². The van der Waals surface area contributed by atoms with Crippen LogP contribution in [0.3, 0.4) is 0 Å². The van der Waals surface area contributed by atoms with Gasteiger partial charge in [0.15, 0.2) is 0 Å². The van der Waals surface area contributed by atoms with Gasteiger partial charge in [0.1, 0.15) is 0 Å². The number of hydrogen-bond acceptors (Lipinski definition) is 3. The van der Waals surface area contributed by atoms with E-state index in [9.17, 15) is 4.79 Å². The number of hydrogen-bond donors (Lipinski definition) is 1. The molecule has 0 aliphatic carbocycles. The summed E-state index contributed by atoms with van der Waals surface area (Å²) in [5.41, 5.74) is 5.84. The Morgan fingerprint density at radius 1 is 1.40 bits per heavy atom. The quantitative estimate of drug-likeness (QED) is 0.687. The van der Waals surface area contributed by atoms with E-state index in [0.29, 0.717) is 6.61 Å². The van der Waals surface area contributed by atoms with Crippen LogP contribution in [0, 0.1) is 0 Å². The molecule has 0 bridgehead atoms. The molecular formula is C11H22N2O2. The topological polar surface area (TPSA) is 55.6 Å². The molecule has 1 unspecified atom stereocenters. The van der Waals surface area contributed by atoms with Crippen LogP contribution in [0.2, 0.25) is 0 Å². The van der Waals surface area contributed by atoms with Crippen molar-refractivity contribution in [3.05, 3.63) is 0 Å². The largest absolute Gasteiger partial charge is 0.385 e. The summed E-state index contributed by atoms with van der Waals surface area (Å²) < 4.78 is 4.94. The molecule has 1 saturated heterocycles. The van der Waals surface area contributed by atoms with Crippen molar-refractivity contribution in [3.63, 3.8) is 0 Å². The van der Waals surface area contributed by atoms with Gasteiger partial charge in [-0.15, -0.1) is 0 Å². The van der Waals surface area contributed by atoms with Gasteiger partial charge in [0.2, 0.25) is 5.91 Å². The molecule has 1 rings (SSSR count). The van der Waals surface area contributed by atoms with Gasteiger partial charge in [0.05, 0.1) is 6.04 Å². The molecule has 0 radical (unpaired) electrons. The second kappa shape index (κ2) is 6.80. The number of ether oxygens (including phenoxy) is 1. The summed E-state index contributed by atoms with van der Waals surface area (Å²) in [6.45, 7) is 2.45. The number of nitrogens with zero attached hydrogens (tertiary/aromatic N) is 1. The maximum absolute atomic E-state index is 11.9. The molecule has 1 amide bonds. The molecule has 4 heteroatoms. The third-order valence-corrected chi connectivity index (χ3v) is 2.85. The molecule has 88 valence electrons. The molecule has 0 aromatic carbocycles. The van der Waals surface area contributed by atoms with Crippen molar-refractivity contribution in [3.8, 4) is 0 Å². The molecule has 2 N–H and O–H groups in total.